The Morgan fingerprint density at radius 1 is 1.07 bits per heavy atom. The molecular formula is C45H54MgN4O5-2. The summed E-state index contributed by atoms with van der Waals surface area (Å²) in [6, 6.07) is -0.883. The van der Waals surface area contributed by atoms with Crippen molar-refractivity contribution in [2.45, 2.75) is 112 Å². The quantitative estimate of drug-likeness (QED) is 0.124. The molecule has 4 aliphatic rings. The van der Waals surface area contributed by atoms with Crippen LogP contribution < -0.4 is 20.7 Å². The van der Waals surface area contributed by atoms with Crippen LogP contribution in [0, 0.1) is 49.9 Å². The summed E-state index contributed by atoms with van der Waals surface area (Å²) in [6.45, 7) is 17.0. The number of carbonyl (C=O) groups is 2. The van der Waals surface area contributed by atoms with Crippen LogP contribution in [0.5, 0.6) is 0 Å². The average molecular weight is 755 g/mol. The van der Waals surface area contributed by atoms with Gasteiger partial charge in [0, 0.05) is 12.3 Å². The Morgan fingerprint density at radius 2 is 1.82 bits per heavy atom. The normalized spacial score (nSPS) is 26.2. The van der Waals surface area contributed by atoms with E-state index in [1.165, 1.54) is 19.1 Å². The molecule has 0 aromatic carbocycles. The van der Waals surface area contributed by atoms with E-state index in [0.717, 1.165) is 63.6 Å². The second kappa shape index (κ2) is 17.5. The molecule has 8 bridgehead atoms. The van der Waals surface area contributed by atoms with Gasteiger partial charge in [-0.05, 0) is 82.8 Å². The van der Waals surface area contributed by atoms with Gasteiger partial charge in [0.2, 0.25) is 0 Å². The van der Waals surface area contributed by atoms with E-state index in [9.17, 15) is 14.7 Å². The van der Waals surface area contributed by atoms with E-state index >= 15 is 0 Å². The largest absolute Gasteiger partial charge is 2.00 e. The van der Waals surface area contributed by atoms with Crippen LogP contribution in [0.2, 0.25) is 0 Å². The van der Waals surface area contributed by atoms with Gasteiger partial charge in [-0.3, -0.25) is 4.79 Å². The summed E-state index contributed by atoms with van der Waals surface area (Å²) in [6.07, 6.45) is 17.6. The number of hydrogen-bond donors (Lipinski definition) is 1. The molecule has 6 atom stereocenters. The summed E-state index contributed by atoms with van der Waals surface area (Å²) in [4.78, 5) is 36.9. The summed E-state index contributed by atoms with van der Waals surface area (Å²) in [5.74, 6) is 2.12. The number of hydrogen-bond acceptors (Lipinski definition) is 5. The molecule has 2 aromatic rings. The Balaban J connectivity index is 0.00000580. The van der Waals surface area contributed by atoms with Crippen molar-refractivity contribution in [2.75, 3.05) is 13.7 Å². The van der Waals surface area contributed by atoms with Crippen molar-refractivity contribution in [3.8, 4) is 12.3 Å². The van der Waals surface area contributed by atoms with E-state index in [-0.39, 0.29) is 71.4 Å². The number of rotatable bonds is 11. The van der Waals surface area contributed by atoms with Crippen molar-refractivity contribution in [2.24, 2.45) is 23.7 Å². The zero-order valence-corrected chi connectivity index (χ0v) is 35.4. The van der Waals surface area contributed by atoms with E-state index in [4.69, 9.17) is 36.5 Å². The summed E-state index contributed by atoms with van der Waals surface area (Å²) in [5.41, 5.74) is 9.16. The Kier molecular flexibility index (Phi) is 13.4. The molecular weight excluding hydrogens is 701 g/mol. The molecule has 3 aliphatic heterocycles. The fourth-order valence-electron chi connectivity index (χ4n) is 8.60. The van der Waals surface area contributed by atoms with Gasteiger partial charge in [-0.2, -0.15) is 5.70 Å². The van der Waals surface area contributed by atoms with Crippen LogP contribution in [-0.2, 0) is 25.5 Å². The van der Waals surface area contributed by atoms with Gasteiger partial charge in [-0.25, -0.2) is 4.79 Å². The second-order valence-electron chi connectivity index (χ2n) is 15.7. The van der Waals surface area contributed by atoms with Crippen molar-refractivity contribution < 1.29 is 24.2 Å². The van der Waals surface area contributed by atoms with Gasteiger partial charge in [0.1, 0.15) is 12.7 Å². The van der Waals surface area contributed by atoms with Gasteiger partial charge in [0.15, 0.2) is 0 Å². The third kappa shape index (κ3) is 8.17. The van der Waals surface area contributed by atoms with Crippen molar-refractivity contribution in [1.82, 2.24) is 9.97 Å². The van der Waals surface area contributed by atoms with E-state index in [2.05, 4.69) is 53.5 Å². The first kappa shape index (κ1) is 42.2. The molecule has 1 fully saturated rings. The number of allylic oxidation sites excluding steroid dienone is 3. The number of nitrogens with zero attached hydrogens (tertiary/aromatic N) is 4. The number of fused-ring (bicyclic) bond motifs is 8. The summed E-state index contributed by atoms with van der Waals surface area (Å²) in [5, 5.41) is 23.9. The van der Waals surface area contributed by atoms with Gasteiger partial charge in [-0.15, -0.1) is 40.3 Å². The predicted octanol–water partition coefficient (Wildman–Crippen LogP) is 6.26. The molecule has 0 saturated carbocycles. The molecule has 288 valence electrons. The maximum Gasteiger partial charge on any atom is 2.00 e. The monoisotopic (exact) mass is 754 g/mol. The first-order chi connectivity index (χ1) is 25.8. The molecule has 0 amide bonds. The van der Waals surface area contributed by atoms with Crippen LogP contribution in [0.1, 0.15) is 113 Å². The average Bonchev–Trinajstić information content (AvgIpc) is 3.87. The molecule has 0 spiro atoms. The van der Waals surface area contributed by atoms with Crippen molar-refractivity contribution >= 4 is 52.7 Å². The van der Waals surface area contributed by atoms with Crippen LogP contribution in [0.15, 0.2) is 40.3 Å². The number of aliphatic hydroxyl groups is 1. The third-order valence-electron chi connectivity index (χ3n) is 11.9. The standard InChI is InChI=1S/C45H55N4O5.Mg/c1-11-29-25(6)32-20-34-27(8)31(16-17-38(50)54-19-18-24(5)15-13-14-23(3)4)42(48-34)40-41(45(52)53-10)44(51)39-28(9)35(49-43(39)40)22-37-30(12-2)26(7)33(47-37)21-36(29)46-32;/h1,18,20-23,27,29,31,36,42,44,51H,12-17,19H2,2-10H3,(H-,47,49,52);/q-3;+2/p-1/b24-18+,33-21-,34-20-;/t27-,29-,31-,36?,42?,44+;/m0./s1. The van der Waals surface area contributed by atoms with Crippen LogP contribution in [0.3, 0.4) is 0 Å². The van der Waals surface area contributed by atoms with E-state index in [0.29, 0.717) is 34.9 Å². The van der Waals surface area contributed by atoms with Crippen LogP contribution in [0.4, 0.5) is 0 Å². The Hall–Kier alpha value is -3.91. The molecule has 1 N–H and O–H groups in total. The topological polar surface area (TPSA) is 129 Å². The van der Waals surface area contributed by atoms with Gasteiger partial charge in [0.05, 0.1) is 12.7 Å². The number of aliphatic hydroxyl groups excluding tert-OH is 1. The minimum atomic E-state index is -1.24. The number of aromatic nitrogens is 2. The van der Waals surface area contributed by atoms with Crippen molar-refractivity contribution in [3.05, 3.63) is 95.2 Å². The zero-order chi connectivity index (χ0) is 39.0. The maximum atomic E-state index is 13.5. The van der Waals surface area contributed by atoms with E-state index < -0.39 is 18.1 Å². The predicted molar refractivity (Wildman–Crippen MR) is 218 cm³/mol. The number of terminal acetylenes is 1. The Labute approximate surface area is 342 Å². The van der Waals surface area contributed by atoms with E-state index in [1.807, 2.05) is 32.1 Å². The Bertz CT molecular complexity index is 2120. The number of carbonyl (C=O) groups excluding carboxylic acids is 2. The zero-order valence-electron chi connectivity index (χ0n) is 34.0. The third-order valence-corrected chi connectivity index (χ3v) is 11.9. The molecule has 2 unspecified atom stereocenters. The van der Waals surface area contributed by atoms with Gasteiger partial charge in [0.25, 0.3) is 0 Å². The smallest absolute Gasteiger partial charge is 0.681 e. The van der Waals surface area contributed by atoms with Crippen molar-refractivity contribution in [1.29, 1.82) is 0 Å². The van der Waals surface area contributed by atoms with Crippen LogP contribution in [0.25, 0.3) is 28.4 Å². The minimum Gasteiger partial charge on any atom is -0.681 e. The minimum absolute atomic E-state index is 0. The fraction of sp³-hybridized carbons (Fsp3) is 0.511. The van der Waals surface area contributed by atoms with Gasteiger partial charge >= 0.3 is 35.0 Å². The molecule has 1 saturated heterocycles. The number of esters is 2. The summed E-state index contributed by atoms with van der Waals surface area (Å²) >= 11 is 0. The SMILES string of the molecule is C#C[C@H]1C(C)=C2/C=C3\[N-]C(C4=C(C(=O)OC)[C@H](O)c5c4[n-]c(c5C)/C=c4\[n-]/c(c(C)c4CC)=C\C1[N-]2)[C@@H](CCC(=O)OC/C=C(\C)CCCC(C)C)[C@@H]3C.[Mg+2]. The fourth-order valence-corrected chi connectivity index (χ4v) is 8.60. The number of ether oxygens (including phenoxy) is 2. The molecule has 2 aromatic heterocycles. The van der Waals surface area contributed by atoms with E-state index in [1.54, 1.807) is 0 Å². The Morgan fingerprint density at radius 3 is 2.49 bits per heavy atom. The molecule has 0 radical (unpaired) electrons. The molecule has 55 heavy (non-hydrogen) atoms. The van der Waals surface area contributed by atoms with Gasteiger partial charge in [-0.1, -0.05) is 97.7 Å². The summed E-state index contributed by atoms with van der Waals surface area (Å²) < 4.78 is 10.9. The van der Waals surface area contributed by atoms with Crippen molar-refractivity contribution in [3.63, 3.8) is 0 Å². The molecule has 9 nitrogen and oxygen atoms in total. The molecule has 5 heterocycles. The molecule has 1 aliphatic carbocycles. The second-order valence-corrected chi connectivity index (χ2v) is 15.7. The van der Waals surface area contributed by atoms with Crippen LogP contribution in [-0.4, -0.2) is 65.9 Å². The van der Waals surface area contributed by atoms with Gasteiger partial charge < -0.3 is 35.2 Å². The maximum absolute atomic E-state index is 13.5. The first-order valence-electron chi connectivity index (χ1n) is 19.4. The first-order valence-corrected chi connectivity index (χ1v) is 19.4. The summed E-state index contributed by atoms with van der Waals surface area (Å²) in [7, 11) is 1.31. The number of methoxy groups -OCH3 is 1. The van der Waals surface area contributed by atoms with Crippen LogP contribution >= 0.6 is 0 Å². The molecule has 6 rings (SSSR count). The molecule has 10 heteroatoms.